The number of rotatable bonds is 3. The van der Waals surface area contributed by atoms with Gasteiger partial charge in [-0.3, -0.25) is 4.79 Å². The Bertz CT molecular complexity index is 1090. The van der Waals surface area contributed by atoms with Gasteiger partial charge in [-0.05, 0) is 71.5 Å². The molecule has 0 aliphatic rings. The molecule has 1 amide bonds. The standard InChI is InChI=1S/C21H15IN2OS/c1-13-16(21-24-18-9-2-3-11-19(18)26-21)8-5-10-17(13)23-20(25)14-6-4-7-15(22)12-14/h2-12H,1H3,(H,23,25). The number of fused-ring (bicyclic) bond motifs is 1. The van der Waals surface area contributed by atoms with E-state index in [1.165, 1.54) is 0 Å². The number of thiazole rings is 1. The summed E-state index contributed by atoms with van der Waals surface area (Å²) in [5, 5.41) is 4.00. The van der Waals surface area contributed by atoms with Crippen molar-refractivity contribution in [3.63, 3.8) is 0 Å². The number of hydrogen-bond donors (Lipinski definition) is 1. The molecule has 0 bridgehead atoms. The van der Waals surface area contributed by atoms with Crippen LogP contribution in [0, 0.1) is 10.5 Å². The highest BCUT2D eigenvalue weighted by Gasteiger charge is 2.13. The van der Waals surface area contributed by atoms with Gasteiger partial charge in [0.05, 0.1) is 10.2 Å². The molecule has 0 unspecified atom stereocenters. The Morgan fingerprint density at radius 3 is 2.65 bits per heavy atom. The number of amides is 1. The van der Waals surface area contributed by atoms with E-state index >= 15 is 0 Å². The van der Waals surface area contributed by atoms with Gasteiger partial charge in [-0.1, -0.05) is 30.3 Å². The first kappa shape index (κ1) is 17.2. The third-order valence-corrected chi connectivity index (χ3v) is 5.93. The maximum atomic E-state index is 12.6. The molecule has 4 aromatic rings. The van der Waals surface area contributed by atoms with E-state index < -0.39 is 0 Å². The van der Waals surface area contributed by atoms with Gasteiger partial charge in [0.2, 0.25) is 0 Å². The van der Waals surface area contributed by atoms with Crippen LogP contribution in [0.4, 0.5) is 5.69 Å². The Kier molecular flexibility index (Phi) is 4.74. The Morgan fingerprint density at radius 1 is 1.04 bits per heavy atom. The number of halogens is 1. The second-order valence-electron chi connectivity index (χ2n) is 5.93. The SMILES string of the molecule is Cc1c(NC(=O)c2cccc(I)c2)cccc1-c1nc2ccccc2s1. The number of benzene rings is 3. The van der Waals surface area contributed by atoms with Crippen molar-refractivity contribution in [1.82, 2.24) is 4.98 Å². The summed E-state index contributed by atoms with van der Waals surface area (Å²) in [5.41, 5.74) is 4.53. The molecule has 26 heavy (non-hydrogen) atoms. The van der Waals surface area contributed by atoms with Crippen LogP contribution in [0.5, 0.6) is 0 Å². The molecule has 0 spiro atoms. The molecule has 0 saturated heterocycles. The normalized spacial score (nSPS) is 10.8. The lowest BCUT2D eigenvalue weighted by atomic mass is 10.1. The van der Waals surface area contributed by atoms with Crippen LogP contribution in [-0.2, 0) is 0 Å². The van der Waals surface area contributed by atoms with E-state index in [9.17, 15) is 4.79 Å². The topological polar surface area (TPSA) is 42.0 Å². The fourth-order valence-corrected chi connectivity index (χ4v) is 4.41. The largest absolute Gasteiger partial charge is 0.322 e. The fourth-order valence-electron chi connectivity index (χ4n) is 2.81. The summed E-state index contributed by atoms with van der Waals surface area (Å²) in [5.74, 6) is -0.104. The summed E-state index contributed by atoms with van der Waals surface area (Å²) >= 11 is 3.87. The lowest BCUT2D eigenvalue weighted by Gasteiger charge is -2.11. The van der Waals surface area contributed by atoms with Crippen LogP contribution in [0.15, 0.2) is 66.7 Å². The predicted molar refractivity (Wildman–Crippen MR) is 117 cm³/mol. The van der Waals surface area contributed by atoms with Crippen molar-refractivity contribution in [2.45, 2.75) is 6.92 Å². The average Bonchev–Trinajstić information content (AvgIpc) is 3.07. The van der Waals surface area contributed by atoms with Gasteiger partial charge in [-0.2, -0.15) is 0 Å². The molecule has 1 aromatic heterocycles. The van der Waals surface area contributed by atoms with E-state index in [2.05, 4.69) is 34.0 Å². The first-order valence-corrected chi connectivity index (χ1v) is 10.0. The summed E-state index contributed by atoms with van der Waals surface area (Å²) in [4.78, 5) is 17.3. The van der Waals surface area contributed by atoms with Crippen molar-refractivity contribution >= 4 is 55.7 Å². The molecule has 1 heterocycles. The molecule has 0 atom stereocenters. The Labute approximate surface area is 169 Å². The van der Waals surface area contributed by atoms with E-state index in [0.29, 0.717) is 5.56 Å². The lowest BCUT2D eigenvalue weighted by Crippen LogP contribution is -2.13. The first-order valence-electron chi connectivity index (χ1n) is 8.14. The minimum absolute atomic E-state index is 0.104. The molecule has 3 nitrogen and oxygen atoms in total. The van der Waals surface area contributed by atoms with Crippen molar-refractivity contribution in [1.29, 1.82) is 0 Å². The van der Waals surface area contributed by atoms with Crippen molar-refractivity contribution in [3.8, 4) is 10.6 Å². The number of para-hydroxylation sites is 1. The predicted octanol–water partition coefficient (Wildman–Crippen LogP) is 6.13. The molecule has 3 aromatic carbocycles. The second-order valence-corrected chi connectivity index (χ2v) is 8.21. The second kappa shape index (κ2) is 7.17. The van der Waals surface area contributed by atoms with E-state index in [1.54, 1.807) is 11.3 Å². The van der Waals surface area contributed by atoms with Gasteiger partial charge in [0.15, 0.2) is 0 Å². The molecule has 0 radical (unpaired) electrons. The van der Waals surface area contributed by atoms with Crippen molar-refractivity contribution < 1.29 is 4.79 Å². The number of hydrogen-bond acceptors (Lipinski definition) is 3. The Balaban J connectivity index is 1.68. The molecule has 0 saturated carbocycles. The van der Waals surface area contributed by atoms with Crippen LogP contribution in [0.2, 0.25) is 0 Å². The van der Waals surface area contributed by atoms with Crippen molar-refractivity contribution in [2.24, 2.45) is 0 Å². The van der Waals surface area contributed by atoms with E-state index in [4.69, 9.17) is 4.98 Å². The number of carbonyl (C=O) groups is 1. The maximum absolute atomic E-state index is 12.6. The molecule has 0 aliphatic carbocycles. The van der Waals surface area contributed by atoms with Crippen LogP contribution >= 0.6 is 33.9 Å². The van der Waals surface area contributed by atoms with Gasteiger partial charge >= 0.3 is 0 Å². The zero-order valence-electron chi connectivity index (χ0n) is 14.0. The van der Waals surface area contributed by atoms with Gasteiger partial charge in [-0.25, -0.2) is 4.98 Å². The summed E-state index contributed by atoms with van der Waals surface area (Å²) in [6, 6.07) is 21.6. The number of aromatic nitrogens is 1. The highest BCUT2D eigenvalue weighted by atomic mass is 127. The molecular weight excluding hydrogens is 455 g/mol. The number of anilines is 1. The quantitative estimate of drug-likeness (QED) is 0.366. The van der Waals surface area contributed by atoms with Gasteiger partial charge in [0, 0.05) is 20.4 Å². The van der Waals surface area contributed by atoms with Crippen LogP contribution in [0.3, 0.4) is 0 Å². The molecule has 5 heteroatoms. The lowest BCUT2D eigenvalue weighted by molar-refractivity contribution is 0.102. The summed E-state index contributed by atoms with van der Waals surface area (Å²) in [7, 11) is 0. The molecule has 1 N–H and O–H groups in total. The zero-order valence-corrected chi connectivity index (χ0v) is 17.0. The molecule has 0 fully saturated rings. The zero-order chi connectivity index (χ0) is 18.1. The van der Waals surface area contributed by atoms with Crippen LogP contribution in [0.1, 0.15) is 15.9 Å². The molecule has 4 rings (SSSR count). The van der Waals surface area contributed by atoms with Gasteiger partial charge in [0.1, 0.15) is 5.01 Å². The molecular formula is C21H15IN2OS. The molecule has 128 valence electrons. The average molecular weight is 470 g/mol. The first-order chi connectivity index (χ1) is 12.6. The highest BCUT2D eigenvalue weighted by Crippen LogP contribution is 2.34. The minimum atomic E-state index is -0.104. The third-order valence-electron chi connectivity index (χ3n) is 4.19. The minimum Gasteiger partial charge on any atom is -0.322 e. The van der Waals surface area contributed by atoms with E-state index in [-0.39, 0.29) is 5.91 Å². The fraction of sp³-hybridized carbons (Fsp3) is 0.0476. The van der Waals surface area contributed by atoms with Gasteiger partial charge in [-0.15, -0.1) is 11.3 Å². The van der Waals surface area contributed by atoms with Gasteiger partial charge in [0.25, 0.3) is 5.91 Å². The summed E-state index contributed by atoms with van der Waals surface area (Å²) < 4.78 is 2.20. The highest BCUT2D eigenvalue weighted by molar-refractivity contribution is 14.1. The smallest absolute Gasteiger partial charge is 0.255 e. The van der Waals surface area contributed by atoms with Gasteiger partial charge < -0.3 is 5.32 Å². The third kappa shape index (κ3) is 3.37. The number of carbonyl (C=O) groups excluding carboxylic acids is 1. The number of nitrogens with zero attached hydrogens (tertiary/aromatic N) is 1. The molecule has 0 aliphatic heterocycles. The Hall–Kier alpha value is -2.25. The van der Waals surface area contributed by atoms with Crippen LogP contribution < -0.4 is 5.32 Å². The maximum Gasteiger partial charge on any atom is 0.255 e. The summed E-state index contributed by atoms with van der Waals surface area (Å²) in [6.45, 7) is 2.02. The van der Waals surface area contributed by atoms with Crippen LogP contribution in [-0.4, -0.2) is 10.9 Å². The van der Waals surface area contributed by atoms with E-state index in [1.807, 2.05) is 67.6 Å². The van der Waals surface area contributed by atoms with Crippen molar-refractivity contribution in [2.75, 3.05) is 5.32 Å². The van der Waals surface area contributed by atoms with Crippen LogP contribution in [0.25, 0.3) is 20.8 Å². The number of nitrogens with one attached hydrogen (secondary N) is 1. The van der Waals surface area contributed by atoms with Crippen molar-refractivity contribution in [3.05, 3.63) is 81.4 Å². The van der Waals surface area contributed by atoms with E-state index in [0.717, 1.165) is 35.6 Å². The monoisotopic (exact) mass is 470 g/mol. The summed E-state index contributed by atoms with van der Waals surface area (Å²) in [6.07, 6.45) is 0. The Morgan fingerprint density at radius 2 is 1.85 bits per heavy atom.